The maximum absolute atomic E-state index is 13.0. The fraction of sp³-hybridized carbons (Fsp3) is 0.353. The van der Waals surface area contributed by atoms with Gasteiger partial charge in [-0.15, -0.1) is 0 Å². The van der Waals surface area contributed by atoms with Crippen LogP contribution in [0.15, 0.2) is 47.5 Å². The Kier molecular flexibility index (Phi) is 3.77. The molecule has 5 nitrogen and oxygen atoms in total. The molecule has 2 unspecified atom stereocenters. The molecule has 0 N–H and O–H groups in total. The van der Waals surface area contributed by atoms with E-state index in [9.17, 15) is 12.8 Å². The maximum Gasteiger partial charge on any atom is 0.248 e. The normalized spacial score (nSPS) is 23.5. The molecule has 2 bridgehead atoms. The fourth-order valence-electron chi connectivity index (χ4n) is 3.56. The Balaban J connectivity index is 1.67. The number of halogens is 1. The van der Waals surface area contributed by atoms with Crippen LogP contribution in [-0.4, -0.2) is 30.3 Å². The van der Waals surface area contributed by atoms with Gasteiger partial charge in [0.2, 0.25) is 15.9 Å². The quantitative estimate of drug-likeness (QED) is 0.851. The fourth-order valence-corrected chi connectivity index (χ4v) is 5.37. The lowest BCUT2D eigenvalue weighted by Gasteiger charge is -2.26. The summed E-state index contributed by atoms with van der Waals surface area (Å²) in [6.07, 6.45) is 4.43. The smallest absolute Gasteiger partial charge is 0.248 e. The van der Waals surface area contributed by atoms with Gasteiger partial charge in [0, 0.05) is 18.8 Å². The third kappa shape index (κ3) is 2.67. The lowest BCUT2D eigenvalue weighted by atomic mass is 10.1. The number of hydrogen-bond donors (Lipinski definition) is 0. The molecule has 0 spiro atoms. The van der Waals surface area contributed by atoms with Crippen LogP contribution in [-0.2, 0) is 10.0 Å². The molecular formula is C17H17FN2O3S. The van der Waals surface area contributed by atoms with Crippen LogP contribution in [0.3, 0.4) is 0 Å². The van der Waals surface area contributed by atoms with E-state index < -0.39 is 10.0 Å². The van der Waals surface area contributed by atoms with Crippen molar-refractivity contribution in [1.82, 2.24) is 9.29 Å². The Morgan fingerprint density at radius 1 is 1.17 bits per heavy atom. The van der Waals surface area contributed by atoms with E-state index in [-0.39, 0.29) is 22.6 Å². The molecule has 1 saturated heterocycles. The Labute approximate surface area is 140 Å². The summed E-state index contributed by atoms with van der Waals surface area (Å²) in [5, 5.41) is 0. The second-order valence-electron chi connectivity index (χ2n) is 6.27. The summed E-state index contributed by atoms with van der Waals surface area (Å²) >= 11 is 0. The molecule has 126 valence electrons. The molecule has 1 aliphatic carbocycles. The van der Waals surface area contributed by atoms with E-state index in [2.05, 4.69) is 4.98 Å². The number of nitrogens with zero attached hydrogens (tertiary/aromatic N) is 2. The van der Waals surface area contributed by atoms with E-state index in [0.717, 1.165) is 19.3 Å². The Bertz CT molecular complexity index is 854. The van der Waals surface area contributed by atoms with Crippen molar-refractivity contribution in [2.45, 2.75) is 30.2 Å². The van der Waals surface area contributed by atoms with Crippen molar-refractivity contribution in [3.05, 3.63) is 48.4 Å². The summed E-state index contributed by atoms with van der Waals surface area (Å²) in [5.74, 6) is 0.439. The van der Waals surface area contributed by atoms with Gasteiger partial charge < -0.3 is 4.74 Å². The summed E-state index contributed by atoms with van der Waals surface area (Å²) in [6, 6.07) is 8.57. The van der Waals surface area contributed by atoms with Gasteiger partial charge in [0.05, 0.1) is 0 Å². The molecule has 1 saturated carbocycles. The van der Waals surface area contributed by atoms with E-state index in [0.29, 0.717) is 18.2 Å². The number of hydrogen-bond acceptors (Lipinski definition) is 4. The largest absolute Gasteiger partial charge is 0.438 e. The summed E-state index contributed by atoms with van der Waals surface area (Å²) in [5.41, 5.74) is 0. The number of benzene rings is 1. The number of rotatable bonds is 4. The highest BCUT2D eigenvalue weighted by Crippen LogP contribution is 2.41. The van der Waals surface area contributed by atoms with Crippen LogP contribution in [0.25, 0.3) is 0 Å². The van der Waals surface area contributed by atoms with Crippen LogP contribution in [0.2, 0.25) is 0 Å². The lowest BCUT2D eigenvalue weighted by Crippen LogP contribution is -2.37. The van der Waals surface area contributed by atoms with E-state index in [1.807, 2.05) is 0 Å². The number of fused-ring (bicyclic) bond motifs is 2. The van der Waals surface area contributed by atoms with Gasteiger partial charge in [0.15, 0.2) is 0 Å². The summed E-state index contributed by atoms with van der Waals surface area (Å²) in [4.78, 5) is 4.13. The van der Waals surface area contributed by atoms with Crippen molar-refractivity contribution in [2.75, 3.05) is 6.54 Å². The first-order chi connectivity index (χ1) is 11.5. The minimum absolute atomic E-state index is 0.0203. The molecule has 0 amide bonds. The molecule has 2 atom stereocenters. The van der Waals surface area contributed by atoms with E-state index in [1.165, 1.54) is 36.5 Å². The second-order valence-corrected chi connectivity index (χ2v) is 8.13. The number of piperidine rings is 1. The van der Waals surface area contributed by atoms with Crippen LogP contribution in [0, 0.1) is 11.7 Å². The molecule has 7 heteroatoms. The van der Waals surface area contributed by atoms with Crippen LogP contribution in [0.5, 0.6) is 11.6 Å². The molecule has 2 aromatic rings. The minimum atomic E-state index is -3.66. The average molecular weight is 348 g/mol. The molecule has 2 heterocycles. The van der Waals surface area contributed by atoms with Crippen LogP contribution < -0.4 is 4.74 Å². The highest BCUT2D eigenvalue weighted by Gasteiger charge is 2.45. The number of sulfonamides is 1. The standard InChI is InChI=1S/C17H17FN2O3S/c18-13-4-7-15(8-5-13)23-17-16(2-1-9-19-17)24(21,22)20-11-12-3-6-14(20)10-12/h1-2,4-5,7-9,12,14H,3,6,10-11H2. The predicted octanol–water partition coefficient (Wildman–Crippen LogP) is 3.19. The molecule has 4 rings (SSSR count). The van der Waals surface area contributed by atoms with Crippen molar-refractivity contribution >= 4 is 10.0 Å². The number of ether oxygens (including phenoxy) is 1. The maximum atomic E-state index is 13.0. The zero-order valence-corrected chi connectivity index (χ0v) is 13.7. The van der Waals surface area contributed by atoms with Gasteiger partial charge in [-0.3, -0.25) is 0 Å². The van der Waals surface area contributed by atoms with Crippen LogP contribution >= 0.6 is 0 Å². The third-order valence-corrected chi connectivity index (χ3v) is 6.64. The minimum Gasteiger partial charge on any atom is -0.438 e. The first kappa shape index (κ1) is 15.5. The van der Waals surface area contributed by atoms with Crippen molar-refractivity contribution in [3.63, 3.8) is 0 Å². The monoisotopic (exact) mass is 348 g/mol. The zero-order chi connectivity index (χ0) is 16.7. The third-order valence-electron chi connectivity index (χ3n) is 4.71. The Morgan fingerprint density at radius 3 is 2.62 bits per heavy atom. The van der Waals surface area contributed by atoms with Gasteiger partial charge in [0.1, 0.15) is 16.5 Å². The summed E-state index contributed by atoms with van der Waals surface area (Å²) in [7, 11) is -3.66. The van der Waals surface area contributed by atoms with E-state index in [1.54, 1.807) is 10.4 Å². The first-order valence-corrected chi connectivity index (χ1v) is 9.38. The summed E-state index contributed by atoms with van der Waals surface area (Å²) < 4.78 is 46.3. The molecule has 0 radical (unpaired) electrons. The van der Waals surface area contributed by atoms with Gasteiger partial charge in [0.25, 0.3) is 0 Å². The highest BCUT2D eigenvalue weighted by molar-refractivity contribution is 7.89. The lowest BCUT2D eigenvalue weighted by molar-refractivity contribution is 0.331. The van der Waals surface area contributed by atoms with E-state index in [4.69, 9.17) is 4.74 Å². The molecule has 24 heavy (non-hydrogen) atoms. The molecule has 2 fully saturated rings. The van der Waals surface area contributed by atoms with Crippen LogP contribution in [0.1, 0.15) is 19.3 Å². The number of pyridine rings is 1. The molecule has 1 aromatic carbocycles. The van der Waals surface area contributed by atoms with Crippen LogP contribution in [0.4, 0.5) is 4.39 Å². The SMILES string of the molecule is O=S(=O)(c1cccnc1Oc1ccc(F)cc1)N1CC2CCC1C2. The van der Waals surface area contributed by atoms with Gasteiger partial charge in [-0.2, -0.15) is 4.31 Å². The summed E-state index contributed by atoms with van der Waals surface area (Å²) in [6.45, 7) is 0.567. The molecule has 2 aliphatic rings. The van der Waals surface area contributed by atoms with E-state index >= 15 is 0 Å². The Hall–Kier alpha value is -1.99. The van der Waals surface area contributed by atoms with Gasteiger partial charge in [-0.25, -0.2) is 17.8 Å². The average Bonchev–Trinajstić information content (AvgIpc) is 3.21. The highest BCUT2D eigenvalue weighted by atomic mass is 32.2. The topological polar surface area (TPSA) is 59.5 Å². The second kappa shape index (κ2) is 5.82. The van der Waals surface area contributed by atoms with Crippen molar-refractivity contribution in [1.29, 1.82) is 0 Å². The first-order valence-electron chi connectivity index (χ1n) is 7.94. The molecule has 1 aliphatic heterocycles. The van der Waals surface area contributed by atoms with Gasteiger partial charge in [-0.1, -0.05) is 0 Å². The Morgan fingerprint density at radius 2 is 1.96 bits per heavy atom. The van der Waals surface area contributed by atoms with Crippen molar-refractivity contribution in [3.8, 4) is 11.6 Å². The molecule has 1 aromatic heterocycles. The number of aromatic nitrogens is 1. The van der Waals surface area contributed by atoms with Gasteiger partial charge >= 0.3 is 0 Å². The molecular weight excluding hydrogens is 331 g/mol. The zero-order valence-electron chi connectivity index (χ0n) is 12.9. The van der Waals surface area contributed by atoms with Crippen molar-refractivity contribution in [2.24, 2.45) is 5.92 Å². The van der Waals surface area contributed by atoms with Gasteiger partial charge in [-0.05, 0) is 61.6 Å². The predicted molar refractivity (Wildman–Crippen MR) is 85.7 cm³/mol. The van der Waals surface area contributed by atoms with Crippen molar-refractivity contribution < 1.29 is 17.5 Å².